The average molecular weight is 378 g/mol. The summed E-state index contributed by atoms with van der Waals surface area (Å²) in [6, 6.07) is 10.00. The molecule has 3 rings (SSSR count). The standard InChI is InChI=1S/C18H23FN4O2S/c1-13-10-17(21-16-6-4-15(19)5-7-16)11-18(20-13)14-8-9-23(12-14)26(24,25)22(2)3/h4-7,10-11,14H,8-9,12H2,1-3H3,(H,20,21)/t14-/m0/s1. The van der Waals surface area contributed by atoms with E-state index in [-0.39, 0.29) is 11.7 Å². The minimum absolute atomic E-state index is 0.0541. The van der Waals surface area contributed by atoms with Crippen LogP contribution in [0.1, 0.15) is 23.7 Å². The summed E-state index contributed by atoms with van der Waals surface area (Å²) in [6.45, 7) is 2.82. The van der Waals surface area contributed by atoms with Crippen molar-refractivity contribution in [2.75, 3.05) is 32.5 Å². The molecule has 140 valence electrons. The SMILES string of the molecule is Cc1cc(Nc2ccc(F)cc2)cc([C@H]2CCN(S(=O)(=O)N(C)C)C2)n1. The summed E-state index contributed by atoms with van der Waals surface area (Å²) in [6.07, 6.45) is 0.736. The van der Waals surface area contributed by atoms with E-state index in [1.165, 1.54) is 34.8 Å². The molecule has 0 saturated carbocycles. The first-order valence-corrected chi connectivity index (χ1v) is 9.84. The van der Waals surface area contributed by atoms with E-state index in [1.807, 2.05) is 19.1 Å². The van der Waals surface area contributed by atoms with Gasteiger partial charge in [-0.1, -0.05) is 0 Å². The maximum atomic E-state index is 13.1. The van der Waals surface area contributed by atoms with Crippen molar-refractivity contribution in [3.8, 4) is 0 Å². The fraction of sp³-hybridized carbons (Fsp3) is 0.389. The number of anilines is 2. The number of hydrogen-bond acceptors (Lipinski definition) is 4. The van der Waals surface area contributed by atoms with Crippen molar-refractivity contribution in [1.82, 2.24) is 13.6 Å². The predicted octanol–water partition coefficient (Wildman–Crippen LogP) is 2.87. The average Bonchev–Trinajstić information content (AvgIpc) is 3.07. The molecule has 1 aliphatic rings. The van der Waals surface area contributed by atoms with Gasteiger partial charge in [-0.3, -0.25) is 4.98 Å². The van der Waals surface area contributed by atoms with Gasteiger partial charge in [0.2, 0.25) is 0 Å². The molecule has 0 spiro atoms. The lowest BCUT2D eigenvalue weighted by Crippen LogP contribution is -2.38. The maximum Gasteiger partial charge on any atom is 0.281 e. The highest BCUT2D eigenvalue weighted by molar-refractivity contribution is 7.86. The summed E-state index contributed by atoms with van der Waals surface area (Å²) in [5, 5.41) is 3.25. The van der Waals surface area contributed by atoms with Crippen LogP contribution < -0.4 is 5.32 Å². The topological polar surface area (TPSA) is 65.5 Å². The summed E-state index contributed by atoms with van der Waals surface area (Å²) < 4.78 is 40.4. The zero-order valence-corrected chi connectivity index (χ0v) is 15.9. The van der Waals surface area contributed by atoms with Gasteiger partial charge in [0, 0.05) is 55.9 Å². The minimum Gasteiger partial charge on any atom is -0.355 e. The molecule has 0 amide bonds. The molecule has 1 aromatic carbocycles. The smallest absolute Gasteiger partial charge is 0.281 e. The van der Waals surface area contributed by atoms with Crippen molar-refractivity contribution >= 4 is 21.6 Å². The minimum atomic E-state index is -3.40. The lowest BCUT2D eigenvalue weighted by atomic mass is 10.0. The number of halogens is 1. The quantitative estimate of drug-likeness (QED) is 0.869. The Morgan fingerprint density at radius 3 is 2.54 bits per heavy atom. The van der Waals surface area contributed by atoms with Crippen LogP contribution in [0.15, 0.2) is 36.4 Å². The van der Waals surface area contributed by atoms with Gasteiger partial charge in [0.25, 0.3) is 10.2 Å². The summed E-state index contributed by atoms with van der Waals surface area (Å²) in [4.78, 5) is 4.60. The third-order valence-corrected chi connectivity index (χ3v) is 6.37. The Hall–Kier alpha value is -2.03. The highest BCUT2D eigenvalue weighted by Crippen LogP contribution is 2.30. The summed E-state index contributed by atoms with van der Waals surface area (Å²) >= 11 is 0. The zero-order chi connectivity index (χ0) is 18.9. The monoisotopic (exact) mass is 378 g/mol. The first-order chi connectivity index (χ1) is 12.3. The van der Waals surface area contributed by atoms with E-state index in [0.29, 0.717) is 13.1 Å². The zero-order valence-electron chi connectivity index (χ0n) is 15.1. The van der Waals surface area contributed by atoms with Gasteiger partial charge < -0.3 is 5.32 Å². The maximum absolute atomic E-state index is 13.1. The summed E-state index contributed by atoms with van der Waals surface area (Å²) in [7, 11) is -0.323. The van der Waals surface area contributed by atoms with Crippen molar-refractivity contribution < 1.29 is 12.8 Å². The van der Waals surface area contributed by atoms with E-state index in [0.717, 1.165) is 29.2 Å². The second kappa shape index (κ2) is 7.30. The summed E-state index contributed by atoms with van der Waals surface area (Å²) in [5.74, 6) is -0.228. The highest BCUT2D eigenvalue weighted by Gasteiger charge is 2.34. The van der Waals surface area contributed by atoms with E-state index in [4.69, 9.17) is 0 Å². The molecule has 8 heteroatoms. The fourth-order valence-electron chi connectivity index (χ4n) is 3.09. The van der Waals surface area contributed by atoms with Crippen molar-refractivity contribution in [1.29, 1.82) is 0 Å². The molecule has 0 aliphatic carbocycles. The second-order valence-electron chi connectivity index (χ2n) is 6.69. The van der Waals surface area contributed by atoms with Gasteiger partial charge in [-0.2, -0.15) is 17.0 Å². The number of aromatic nitrogens is 1. The van der Waals surface area contributed by atoms with Gasteiger partial charge in [0.05, 0.1) is 0 Å². The normalized spacial score (nSPS) is 18.4. The van der Waals surface area contributed by atoms with Gasteiger partial charge in [-0.15, -0.1) is 0 Å². The number of nitrogens with one attached hydrogen (secondary N) is 1. The fourth-order valence-corrected chi connectivity index (χ4v) is 4.25. The van der Waals surface area contributed by atoms with Crippen LogP contribution in [0.3, 0.4) is 0 Å². The molecular weight excluding hydrogens is 355 g/mol. The Morgan fingerprint density at radius 1 is 1.19 bits per heavy atom. The molecule has 1 aliphatic heterocycles. The van der Waals surface area contributed by atoms with Crippen LogP contribution in [0.2, 0.25) is 0 Å². The third kappa shape index (κ3) is 4.03. The van der Waals surface area contributed by atoms with Crippen LogP contribution in [-0.4, -0.2) is 49.2 Å². The van der Waals surface area contributed by atoms with Crippen molar-refractivity contribution in [2.24, 2.45) is 0 Å². The molecule has 1 aromatic heterocycles. The first-order valence-electron chi connectivity index (χ1n) is 8.44. The number of pyridine rings is 1. The van der Waals surface area contributed by atoms with Gasteiger partial charge in [0.15, 0.2) is 0 Å². The van der Waals surface area contributed by atoms with Crippen LogP contribution in [0.5, 0.6) is 0 Å². The van der Waals surface area contributed by atoms with E-state index in [1.54, 1.807) is 12.1 Å². The number of hydrogen-bond donors (Lipinski definition) is 1. The lowest BCUT2D eigenvalue weighted by Gasteiger charge is -2.21. The Morgan fingerprint density at radius 2 is 1.88 bits per heavy atom. The van der Waals surface area contributed by atoms with Crippen molar-refractivity contribution in [3.63, 3.8) is 0 Å². The number of nitrogens with zero attached hydrogens (tertiary/aromatic N) is 3. The molecule has 1 fully saturated rings. The molecule has 0 radical (unpaired) electrons. The van der Waals surface area contributed by atoms with Crippen molar-refractivity contribution in [2.45, 2.75) is 19.3 Å². The lowest BCUT2D eigenvalue weighted by molar-refractivity contribution is 0.418. The number of rotatable bonds is 5. The Balaban J connectivity index is 1.79. The van der Waals surface area contributed by atoms with Crippen LogP contribution >= 0.6 is 0 Å². The van der Waals surface area contributed by atoms with E-state index < -0.39 is 10.2 Å². The number of aryl methyl sites for hydroxylation is 1. The van der Waals surface area contributed by atoms with Gasteiger partial charge >= 0.3 is 0 Å². The van der Waals surface area contributed by atoms with Gasteiger partial charge in [0.1, 0.15) is 5.82 Å². The summed E-state index contributed by atoms with van der Waals surface area (Å²) in [5.41, 5.74) is 3.35. The van der Waals surface area contributed by atoms with E-state index in [9.17, 15) is 12.8 Å². The molecule has 2 heterocycles. The molecule has 1 saturated heterocycles. The Bertz CT molecular complexity index is 885. The Kier molecular flexibility index (Phi) is 5.27. The molecule has 6 nitrogen and oxygen atoms in total. The molecule has 1 atom stereocenters. The predicted molar refractivity (Wildman–Crippen MR) is 100 cm³/mol. The molecular formula is C18H23FN4O2S. The second-order valence-corrected chi connectivity index (χ2v) is 8.83. The van der Waals surface area contributed by atoms with Crippen LogP contribution in [0.4, 0.5) is 15.8 Å². The van der Waals surface area contributed by atoms with E-state index in [2.05, 4.69) is 10.3 Å². The van der Waals surface area contributed by atoms with Gasteiger partial charge in [-0.25, -0.2) is 4.39 Å². The van der Waals surface area contributed by atoms with Crippen LogP contribution in [0.25, 0.3) is 0 Å². The Labute approximate surface area is 153 Å². The molecule has 26 heavy (non-hydrogen) atoms. The first kappa shape index (κ1) is 18.8. The van der Waals surface area contributed by atoms with Crippen molar-refractivity contribution in [3.05, 3.63) is 53.6 Å². The number of benzene rings is 1. The molecule has 0 unspecified atom stereocenters. The molecule has 0 bridgehead atoms. The molecule has 1 N–H and O–H groups in total. The third-order valence-electron chi connectivity index (χ3n) is 4.46. The van der Waals surface area contributed by atoms with Crippen LogP contribution in [-0.2, 0) is 10.2 Å². The van der Waals surface area contributed by atoms with Gasteiger partial charge in [-0.05, 0) is 49.7 Å². The van der Waals surface area contributed by atoms with Crippen LogP contribution in [0, 0.1) is 12.7 Å². The molecule has 2 aromatic rings. The van der Waals surface area contributed by atoms with E-state index >= 15 is 0 Å². The largest absolute Gasteiger partial charge is 0.355 e. The highest BCUT2D eigenvalue weighted by atomic mass is 32.2.